The number of Topliss-reactive ketones (excluding diaryl/α,β-unsaturated/α-hetero) is 1. The molecular formula is C17H20N4O3S. The van der Waals surface area contributed by atoms with Gasteiger partial charge in [0.2, 0.25) is 16.0 Å². The van der Waals surface area contributed by atoms with Crippen molar-refractivity contribution in [1.29, 1.82) is 0 Å². The van der Waals surface area contributed by atoms with E-state index in [0.717, 1.165) is 25.9 Å². The number of anilines is 1. The smallest absolute Gasteiger partial charge is 0.240 e. The first-order valence-corrected chi connectivity index (χ1v) is 9.61. The van der Waals surface area contributed by atoms with Gasteiger partial charge in [0.25, 0.3) is 0 Å². The summed E-state index contributed by atoms with van der Waals surface area (Å²) in [7, 11) is -3.67. The summed E-state index contributed by atoms with van der Waals surface area (Å²) in [5.74, 6) is 0.535. The summed E-state index contributed by atoms with van der Waals surface area (Å²) < 4.78 is 27.3. The molecule has 8 heteroatoms. The van der Waals surface area contributed by atoms with Crippen molar-refractivity contribution in [3.8, 4) is 0 Å². The molecule has 1 aromatic heterocycles. The first-order valence-electron chi connectivity index (χ1n) is 8.13. The largest absolute Gasteiger partial charge is 0.341 e. The Labute approximate surface area is 147 Å². The second kappa shape index (κ2) is 7.28. The summed E-state index contributed by atoms with van der Waals surface area (Å²) in [6.45, 7) is 3.38. The van der Waals surface area contributed by atoms with Gasteiger partial charge >= 0.3 is 0 Å². The molecule has 1 aromatic carbocycles. The van der Waals surface area contributed by atoms with Crippen molar-refractivity contribution in [3.05, 3.63) is 47.8 Å². The van der Waals surface area contributed by atoms with E-state index in [1.165, 1.54) is 31.2 Å². The Morgan fingerprint density at radius 1 is 1.16 bits per heavy atom. The number of rotatable bonds is 6. The van der Waals surface area contributed by atoms with Gasteiger partial charge in [-0.3, -0.25) is 4.79 Å². The number of ketones is 1. The number of carbonyl (C=O) groups excluding carboxylic acids is 1. The van der Waals surface area contributed by atoms with Crippen LogP contribution in [0.3, 0.4) is 0 Å². The molecule has 3 rings (SSSR count). The Balaban J connectivity index is 1.69. The number of aromatic nitrogens is 2. The van der Waals surface area contributed by atoms with Crippen LogP contribution in [0.5, 0.6) is 0 Å². The van der Waals surface area contributed by atoms with E-state index in [4.69, 9.17) is 0 Å². The lowest BCUT2D eigenvalue weighted by atomic mass is 10.2. The zero-order valence-electron chi connectivity index (χ0n) is 14.0. The highest BCUT2D eigenvalue weighted by molar-refractivity contribution is 7.89. The second-order valence-electron chi connectivity index (χ2n) is 5.95. The van der Waals surface area contributed by atoms with Crippen molar-refractivity contribution >= 4 is 21.8 Å². The minimum atomic E-state index is -3.67. The monoisotopic (exact) mass is 360 g/mol. The van der Waals surface area contributed by atoms with Gasteiger partial charge in [-0.15, -0.1) is 0 Å². The van der Waals surface area contributed by atoms with E-state index in [-0.39, 0.29) is 17.2 Å². The Bertz CT molecular complexity index is 860. The number of hydrogen-bond acceptors (Lipinski definition) is 6. The molecule has 7 nitrogen and oxygen atoms in total. The number of hydrogen-bond donors (Lipinski definition) is 1. The molecule has 25 heavy (non-hydrogen) atoms. The molecule has 132 valence electrons. The molecule has 1 saturated heterocycles. The number of sulfonamides is 1. The van der Waals surface area contributed by atoms with Crippen LogP contribution in [0.2, 0.25) is 0 Å². The van der Waals surface area contributed by atoms with Crippen molar-refractivity contribution in [2.24, 2.45) is 0 Å². The maximum absolute atomic E-state index is 12.4. The molecule has 1 N–H and O–H groups in total. The van der Waals surface area contributed by atoms with E-state index >= 15 is 0 Å². The maximum Gasteiger partial charge on any atom is 0.240 e. The minimum Gasteiger partial charge on any atom is -0.341 e. The Morgan fingerprint density at radius 2 is 1.84 bits per heavy atom. The Kier molecular flexibility index (Phi) is 5.10. The van der Waals surface area contributed by atoms with Gasteiger partial charge in [0, 0.05) is 24.8 Å². The molecular weight excluding hydrogens is 340 g/mol. The molecule has 0 bridgehead atoms. The molecule has 0 amide bonds. The van der Waals surface area contributed by atoms with Gasteiger partial charge in [0.1, 0.15) is 0 Å². The summed E-state index contributed by atoms with van der Waals surface area (Å²) in [6, 6.07) is 7.56. The third-order valence-corrected chi connectivity index (χ3v) is 5.52. The first kappa shape index (κ1) is 17.5. The maximum atomic E-state index is 12.4. The fraction of sp³-hybridized carbons (Fsp3) is 0.353. The lowest BCUT2D eigenvalue weighted by Gasteiger charge is -2.15. The third-order valence-electron chi connectivity index (χ3n) is 4.10. The van der Waals surface area contributed by atoms with E-state index < -0.39 is 10.0 Å². The molecule has 1 aliphatic rings. The lowest BCUT2D eigenvalue weighted by Crippen LogP contribution is -2.25. The SMILES string of the molecule is CC(=O)c1ccc(S(=O)(=O)NCc2ccnc(N3CCCC3)n2)cc1. The lowest BCUT2D eigenvalue weighted by molar-refractivity contribution is 0.101. The highest BCUT2D eigenvalue weighted by atomic mass is 32.2. The zero-order valence-corrected chi connectivity index (χ0v) is 14.8. The molecule has 1 aliphatic heterocycles. The van der Waals surface area contributed by atoms with Gasteiger partial charge in [0.15, 0.2) is 5.78 Å². The minimum absolute atomic E-state index is 0.0835. The Morgan fingerprint density at radius 3 is 2.48 bits per heavy atom. The molecule has 2 heterocycles. The van der Waals surface area contributed by atoms with Crippen LogP contribution in [-0.4, -0.2) is 37.3 Å². The van der Waals surface area contributed by atoms with Crippen LogP contribution in [0.4, 0.5) is 5.95 Å². The standard InChI is InChI=1S/C17H20N4O3S/c1-13(22)14-4-6-16(7-5-14)25(23,24)19-12-15-8-9-18-17(20-15)21-10-2-3-11-21/h4-9,19H,2-3,10-12H2,1H3. The zero-order chi connectivity index (χ0) is 17.9. The summed E-state index contributed by atoms with van der Waals surface area (Å²) >= 11 is 0. The van der Waals surface area contributed by atoms with Crippen LogP contribution in [0.25, 0.3) is 0 Å². The van der Waals surface area contributed by atoms with E-state index in [1.54, 1.807) is 12.3 Å². The average Bonchev–Trinajstić information content (AvgIpc) is 3.15. The van der Waals surface area contributed by atoms with Crippen molar-refractivity contribution in [2.75, 3.05) is 18.0 Å². The molecule has 1 fully saturated rings. The van der Waals surface area contributed by atoms with Gasteiger partial charge in [-0.25, -0.2) is 23.1 Å². The fourth-order valence-corrected chi connectivity index (χ4v) is 3.67. The normalized spacial score (nSPS) is 14.7. The number of nitrogens with zero attached hydrogens (tertiary/aromatic N) is 3. The van der Waals surface area contributed by atoms with Crippen LogP contribution < -0.4 is 9.62 Å². The fourth-order valence-electron chi connectivity index (χ4n) is 2.67. The highest BCUT2D eigenvalue weighted by Gasteiger charge is 2.17. The highest BCUT2D eigenvalue weighted by Crippen LogP contribution is 2.16. The van der Waals surface area contributed by atoms with E-state index in [1.807, 2.05) is 0 Å². The molecule has 0 spiro atoms. The van der Waals surface area contributed by atoms with Crippen molar-refractivity contribution in [3.63, 3.8) is 0 Å². The predicted molar refractivity (Wildman–Crippen MR) is 94.0 cm³/mol. The van der Waals surface area contributed by atoms with Crippen LogP contribution in [0.1, 0.15) is 35.8 Å². The van der Waals surface area contributed by atoms with E-state index in [0.29, 0.717) is 17.2 Å². The molecule has 2 aromatic rings. The number of nitrogens with one attached hydrogen (secondary N) is 1. The Hall–Kier alpha value is -2.32. The van der Waals surface area contributed by atoms with Gasteiger partial charge in [-0.1, -0.05) is 12.1 Å². The third kappa shape index (κ3) is 4.21. The van der Waals surface area contributed by atoms with Gasteiger partial charge in [-0.05, 0) is 38.0 Å². The van der Waals surface area contributed by atoms with Gasteiger partial charge in [0.05, 0.1) is 17.1 Å². The molecule has 0 aliphatic carbocycles. The van der Waals surface area contributed by atoms with Crippen LogP contribution in [0, 0.1) is 0 Å². The molecule has 0 radical (unpaired) electrons. The van der Waals surface area contributed by atoms with Crippen molar-refractivity contribution in [1.82, 2.24) is 14.7 Å². The van der Waals surface area contributed by atoms with Crippen LogP contribution >= 0.6 is 0 Å². The van der Waals surface area contributed by atoms with E-state index in [2.05, 4.69) is 19.6 Å². The second-order valence-corrected chi connectivity index (χ2v) is 7.71. The molecule has 0 atom stereocenters. The van der Waals surface area contributed by atoms with Crippen molar-refractivity contribution in [2.45, 2.75) is 31.2 Å². The van der Waals surface area contributed by atoms with Gasteiger partial charge < -0.3 is 4.90 Å². The quantitative estimate of drug-likeness (QED) is 0.789. The van der Waals surface area contributed by atoms with E-state index in [9.17, 15) is 13.2 Å². The first-order chi connectivity index (χ1) is 12.0. The number of carbonyl (C=O) groups is 1. The van der Waals surface area contributed by atoms with Gasteiger partial charge in [-0.2, -0.15) is 0 Å². The van der Waals surface area contributed by atoms with Crippen molar-refractivity contribution < 1.29 is 13.2 Å². The summed E-state index contributed by atoms with van der Waals surface area (Å²) in [6.07, 6.45) is 3.89. The summed E-state index contributed by atoms with van der Waals surface area (Å²) in [4.78, 5) is 22.2. The number of benzene rings is 1. The predicted octanol–water partition coefficient (Wildman–Crippen LogP) is 1.76. The topological polar surface area (TPSA) is 92.3 Å². The molecule has 0 unspecified atom stereocenters. The molecule has 0 saturated carbocycles. The summed E-state index contributed by atoms with van der Waals surface area (Å²) in [5.41, 5.74) is 1.09. The average molecular weight is 360 g/mol. The van der Waals surface area contributed by atoms with Crippen LogP contribution in [-0.2, 0) is 16.6 Å². The summed E-state index contributed by atoms with van der Waals surface area (Å²) in [5, 5.41) is 0. The van der Waals surface area contributed by atoms with Crippen LogP contribution in [0.15, 0.2) is 41.4 Å².